The summed E-state index contributed by atoms with van der Waals surface area (Å²) < 4.78 is 25.1. The van der Waals surface area contributed by atoms with Crippen molar-refractivity contribution >= 4 is 22.9 Å². The first-order valence-electron chi connectivity index (χ1n) is 8.36. The van der Waals surface area contributed by atoms with Gasteiger partial charge in [0.2, 0.25) is 0 Å². The molecule has 8 nitrogen and oxygen atoms in total. The molecular formula is C19H22O8. The van der Waals surface area contributed by atoms with Crippen molar-refractivity contribution in [1.29, 1.82) is 0 Å². The average molecular weight is 378 g/mol. The van der Waals surface area contributed by atoms with Crippen molar-refractivity contribution in [3.8, 4) is 5.75 Å². The Morgan fingerprint density at radius 3 is 2.52 bits per heavy atom. The van der Waals surface area contributed by atoms with E-state index < -0.39 is 17.6 Å². The van der Waals surface area contributed by atoms with Crippen LogP contribution in [0.3, 0.4) is 0 Å². The van der Waals surface area contributed by atoms with E-state index in [1.165, 1.54) is 26.4 Å². The lowest BCUT2D eigenvalue weighted by Gasteiger charge is -2.12. The molecule has 0 aliphatic carbocycles. The molecule has 0 amide bonds. The van der Waals surface area contributed by atoms with Gasteiger partial charge < -0.3 is 23.4 Å². The molecule has 2 aromatic rings. The van der Waals surface area contributed by atoms with Crippen molar-refractivity contribution in [2.45, 2.75) is 19.8 Å². The van der Waals surface area contributed by atoms with Crippen LogP contribution in [0.15, 0.2) is 27.4 Å². The van der Waals surface area contributed by atoms with E-state index in [0.717, 1.165) is 5.56 Å². The van der Waals surface area contributed by atoms with Crippen LogP contribution in [0, 0.1) is 6.92 Å². The summed E-state index contributed by atoms with van der Waals surface area (Å²) >= 11 is 0. The summed E-state index contributed by atoms with van der Waals surface area (Å²) in [5.41, 5.74) is 1.14. The van der Waals surface area contributed by atoms with Gasteiger partial charge in [0, 0.05) is 38.2 Å². The van der Waals surface area contributed by atoms with E-state index in [1.54, 1.807) is 13.0 Å². The van der Waals surface area contributed by atoms with E-state index in [2.05, 4.69) is 0 Å². The minimum Gasteiger partial charge on any atom is -0.463 e. The fourth-order valence-electron chi connectivity index (χ4n) is 2.50. The normalized spacial score (nSPS) is 10.8. The third kappa shape index (κ3) is 5.90. The van der Waals surface area contributed by atoms with E-state index in [-0.39, 0.29) is 31.8 Å². The van der Waals surface area contributed by atoms with Crippen LogP contribution in [0.4, 0.5) is 0 Å². The van der Waals surface area contributed by atoms with Crippen LogP contribution in [-0.4, -0.2) is 46.0 Å². The number of hydrogen-bond donors (Lipinski definition) is 0. The SMILES string of the molecule is COCCOC(=O)CCc1cc2c(C)cc(=O)oc2cc1OC(=O)COC. The van der Waals surface area contributed by atoms with Crippen molar-refractivity contribution in [1.82, 2.24) is 0 Å². The largest absolute Gasteiger partial charge is 0.463 e. The Bertz CT molecular complexity index is 868. The predicted octanol–water partition coefficient (Wildman–Crippen LogP) is 1.78. The highest BCUT2D eigenvalue weighted by Gasteiger charge is 2.15. The third-order valence-electron chi connectivity index (χ3n) is 3.77. The van der Waals surface area contributed by atoms with E-state index in [0.29, 0.717) is 23.1 Å². The maximum atomic E-state index is 11.8. The molecule has 0 saturated carbocycles. The Labute approximate surface area is 156 Å². The standard InChI is InChI=1S/C19H22O8/c1-12-8-18(21)27-16-10-15(26-19(22)11-24-3)13(9-14(12)16)4-5-17(20)25-7-6-23-2/h8-10H,4-7,11H2,1-3H3. The molecule has 0 fully saturated rings. The highest BCUT2D eigenvalue weighted by atomic mass is 16.6. The molecule has 0 aliphatic heterocycles. The first-order valence-corrected chi connectivity index (χ1v) is 8.36. The quantitative estimate of drug-likeness (QED) is 0.282. The molecule has 0 unspecified atom stereocenters. The van der Waals surface area contributed by atoms with Crippen molar-refractivity contribution in [3.63, 3.8) is 0 Å². The van der Waals surface area contributed by atoms with Gasteiger partial charge in [-0.3, -0.25) is 4.79 Å². The minimum absolute atomic E-state index is 0.0971. The Hall–Kier alpha value is -2.71. The molecule has 1 aromatic heterocycles. The van der Waals surface area contributed by atoms with E-state index >= 15 is 0 Å². The zero-order chi connectivity index (χ0) is 19.8. The number of carbonyl (C=O) groups excluding carboxylic acids is 2. The second-order valence-corrected chi connectivity index (χ2v) is 5.82. The number of ether oxygens (including phenoxy) is 4. The van der Waals surface area contributed by atoms with Crippen LogP contribution in [0.25, 0.3) is 11.0 Å². The minimum atomic E-state index is -0.601. The summed E-state index contributed by atoms with van der Waals surface area (Å²) in [7, 11) is 2.89. The van der Waals surface area contributed by atoms with Gasteiger partial charge in [0.15, 0.2) is 0 Å². The van der Waals surface area contributed by atoms with Gasteiger partial charge in [-0.05, 0) is 30.5 Å². The highest BCUT2D eigenvalue weighted by molar-refractivity contribution is 5.84. The molecule has 146 valence electrons. The van der Waals surface area contributed by atoms with Crippen LogP contribution in [0.5, 0.6) is 5.75 Å². The van der Waals surface area contributed by atoms with Crippen LogP contribution in [0.1, 0.15) is 17.5 Å². The molecule has 0 bridgehead atoms. The van der Waals surface area contributed by atoms with Crippen LogP contribution < -0.4 is 10.4 Å². The summed E-state index contributed by atoms with van der Waals surface area (Å²) in [6.45, 7) is 2.04. The Balaban J connectivity index is 2.28. The van der Waals surface area contributed by atoms with Crippen molar-refractivity contribution in [3.05, 3.63) is 39.7 Å². The number of esters is 2. The molecule has 0 saturated heterocycles. The summed E-state index contributed by atoms with van der Waals surface area (Å²) in [4.78, 5) is 35.2. The fourth-order valence-corrected chi connectivity index (χ4v) is 2.50. The maximum Gasteiger partial charge on any atom is 0.337 e. The number of methoxy groups -OCH3 is 2. The fraction of sp³-hybridized carbons (Fsp3) is 0.421. The number of aryl methyl sites for hydroxylation is 2. The highest BCUT2D eigenvalue weighted by Crippen LogP contribution is 2.28. The van der Waals surface area contributed by atoms with E-state index in [1.807, 2.05) is 0 Å². The van der Waals surface area contributed by atoms with E-state index in [4.69, 9.17) is 23.4 Å². The first kappa shape index (κ1) is 20.6. The van der Waals surface area contributed by atoms with Crippen LogP contribution >= 0.6 is 0 Å². The van der Waals surface area contributed by atoms with Crippen LogP contribution in [-0.2, 0) is 30.2 Å². The van der Waals surface area contributed by atoms with Gasteiger partial charge in [-0.2, -0.15) is 0 Å². The average Bonchev–Trinajstić information content (AvgIpc) is 2.60. The number of benzene rings is 1. The Morgan fingerprint density at radius 1 is 1.04 bits per heavy atom. The number of rotatable bonds is 9. The topological polar surface area (TPSA) is 101 Å². The van der Waals surface area contributed by atoms with Crippen molar-refractivity contribution in [2.75, 3.05) is 34.0 Å². The summed E-state index contributed by atoms with van der Waals surface area (Å²) in [6.07, 6.45) is 0.385. The van der Waals surface area contributed by atoms with Gasteiger partial charge in [0.25, 0.3) is 0 Å². The monoisotopic (exact) mass is 378 g/mol. The third-order valence-corrected chi connectivity index (χ3v) is 3.77. The lowest BCUT2D eigenvalue weighted by Crippen LogP contribution is -2.16. The molecule has 0 spiro atoms. The zero-order valence-electron chi connectivity index (χ0n) is 15.5. The summed E-state index contributed by atoms with van der Waals surface area (Å²) in [5.74, 6) is -0.781. The zero-order valence-corrected chi connectivity index (χ0v) is 15.5. The lowest BCUT2D eigenvalue weighted by molar-refractivity contribution is -0.144. The molecule has 0 atom stereocenters. The predicted molar refractivity (Wildman–Crippen MR) is 95.9 cm³/mol. The molecule has 8 heteroatoms. The van der Waals surface area contributed by atoms with Crippen molar-refractivity contribution < 1.29 is 33.0 Å². The van der Waals surface area contributed by atoms with Crippen molar-refractivity contribution in [2.24, 2.45) is 0 Å². The molecule has 1 heterocycles. The lowest BCUT2D eigenvalue weighted by atomic mass is 10.0. The van der Waals surface area contributed by atoms with Gasteiger partial charge in [0.05, 0.1) is 6.61 Å². The number of carbonyl (C=O) groups is 2. The molecule has 0 radical (unpaired) electrons. The number of fused-ring (bicyclic) bond motifs is 1. The molecule has 0 N–H and O–H groups in total. The molecular weight excluding hydrogens is 356 g/mol. The summed E-state index contributed by atoms with van der Waals surface area (Å²) in [5, 5.41) is 0.698. The molecule has 2 rings (SSSR count). The first-order chi connectivity index (χ1) is 12.9. The summed E-state index contributed by atoms with van der Waals surface area (Å²) in [6, 6.07) is 4.59. The van der Waals surface area contributed by atoms with Crippen LogP contribution in [0.2, 0.25) is 0 Å². The molecule has 1 aromatic carbocycles. The molecule has 27 heavy (non-hydrogen) atoms. The number of hydrogen-bond acceptors (Lipinski definition) is 8. The van der Waals surface area contributed by atoms with Gasteiger partial charge in [0.1, 0.15) is 24.5 Å². The maximum absolute atomic E-state index is 11.8. The van der Waals surface area contributed by atoms with Gasteiger partial charge >= 0.3 is 17.6 Å². The Morgan fingerprint density at radius 2 is 1.81 bits per heavy atom. The van der Waals surface area contributed by atoms with E-state index in [9.17, 15) is 14.4 Å². The van der Waals surface area contributed by atoms with Gasteiger partial charge in [-0.25, -0.2) is 9.59 Å². The second-order valence-electron chi connectivity index (χ2n) is 5.82. The molecule has 0 aliphatic rings. The van der Waals surface area contributed by atoms with Gasteiger partial charge in [-0.15, -0.1) is 0 Å². The van der Waals surface area contributed by atoms with Gasteiger partial charge in [-0.1, -0.05) is 0 Å². The Kier molecular flexibility index (Phi) is 7.51. The second kappa shape index (κ2) is 9.84. The smallest absolute Gasteiger partial charge is 0.337 e.